The smallest absolute Gasteiger partial charge is 0.193 e. The van der Waals surface area contributed by atoms with E-state index in [0.29, 0.717) is 17.9 Å². The quantitative estimate of drug-likeness (QED) is 0.479. The van der Waals surface area contributed by atoms with Crippen molar-refractivity contribution in [3.8, 4) is 0 Å². The van der Waals surface area contributed by atoms with E-state index in [0.717, 1.165) is 24.6 Å². The first-order valence-electron chi connectivity index (χ1n) is 5.90. The molecule has 1 saturated carbocycles. The summed E-state index contributed by atoms with van der Waals surface area (Å²) in [6.45, 7) is 4.95. The number of nitrogens with two attached hydrogens (primary N) is 1. The molecule has 2 rings (SSSR count). The third kappa shape index (κ3) is 4.29. The minimum Gasteiger partial charge on any atom is -0.370 e. The van der Waals surface area contributed by atoms with Crippen molar-refractivity contribution in [3.05, 3.63) is 29.8 Å². The number of rotatable bonds is 3. The van der Waals surface area contributed by atoms with Gasteiger partial charge in [-0.05, 0) is 29.9 Å². The summed E-state index contributed by atoms with van der Waals surface area (Å²) in [5, 5.41) is 2.57. The van der Waals surface area contributed by atoms with Gasteiger partial charge in [0.05, 0.1) is 5.69 Å². The number of anilines is 1. The number of nitrogens with one attached hydrogen (secondary N) is 1. The first kappa shape index (κ1) is 16.1. The highest BCUT2D eigenvalue weighted by Crippen LogP contribution is 2.51. The molecule has 0 saturated heterocycles. The Bertz CT molecular complexity index is 489. The highest BCUT2D eigenvalue weighted by molar-refractivity contribution is 14.0. The van der Waals surface area contributed by atoms with Gasteiger partial charge in [-0.15, -0.1) is 24.0 Å². The van der Waals surface area contributed by atoms with Crippen LogP contribution in [-0.2, 0) is 0 Å². The summed E-state index contributed by atoms with van der Waals surface area (Å²) >= 11 is 0. The fourth-order valence-electron chi connectivity index (χ4n) is 1.87. The summed E-state index contributed by atoms with van der Waals surface area (Å²) in [5.41, 5.74) is 5.97. The molecule has 0 aromatic heterocycles. The van der Waals surface area contributed by atoms with Crippen LogP contribution in [0.3, 0.4) is 0 Å². The number of guanidine groups is 1. The molecule has 3 N–H and O–H groups in total. The Morgan fingerprint density at radius 2 is 2.11 bits per heavy atom. The number of halogens is 3. The lowest BCUT2D eigenvalue weighted by Gasteiger charge is -2.07. The average molecular weight is 381 g/mol. The Morgan fingerprint density at radius 3 is 2.68 bits per heavy atom. The molecular formula is C13H18F2IN3. The van der Waals surface area contributed by atoms with Crippen LogP contribution in [0.2, 0.25) is 0 Å². The normalized spacial score (nSPS) is 20.6. The van der Waals surface area contributed by atoms with Gasteiger partial charge in [0.2, 0.25) is 0 Å². The van der Waals surface area contributed by atoms with Crippen molar-refractivity contribution in [1.29, 1.82) is 0 Å². The van der Waals surface area contributed by atoms with Crippen molar-refractivity contribution in [1.82, 2.24) is 0 Å². The molecule has 0 aliphatic heterocycles. The maximum absolute atomic E-state index is 13.3. The number of hydrogen-bond acceptors (Lipinski definition) is 1. The molecule has 1 atom stereocenters. The van der Waals surface area contributed by atoms with Crippen LogP contribution in [0, 0.1) is 23.0 Å². The van der Waals surface area contributed by atoms with Crippen LogP contribution in [0.5, 0.6) is 0 Å². The topological polar surface area (TPSA) is 50.4 Å². The number of nitrogens with zero attached hydrogens (tertiary/aromatic N) is 1. The van der Waals surface area contributed by atoms with Crippen molar-refractivity contribution in [2.75, 3.05) is 11.9 Å². The van der Waals surface area contributed by atoms with Gasteiger partial charge in [0.15, 0.2) is 5.96 Å². The maximum atomic E-state index is 13.3. The van der Waals surface area contributed by atoms with E-state index in [4.69, 9.17) is 5.73 Å². The van der Waals surface area contributed by atoms with E-state index in [-0.39, 0.29) is 35.6 Å². The van der Waals surface area contributed by atoms with Crippen LogP contribution in [0.1, 0.15) is 20.3 Å². The molecule has 0 bridgehead atoms. The molecule has 0 spiro atoms. The fraction of sp³-hybridized carbons (Fsp3) is 0.462. The maximum Gasteiger partial charge on any atom is 0.193 e. The lowest BCUT2D eigenvalue weighted by Crippen LogP contribution is -2.24. The van der Waals surface area contributed by atoms with Crippen LogP contribution in [0.4, 0.5) is 14.5 Å². The molecule has 1 aromatic rings. The molecule has 0 radical (unpaired) electrons. The average Bonchev–Trinajstić information content (AvgIpc) is 2.89. The Kier molecular flexibility index (Phi) is 5.11. The predicted molar refractivity (Wildman–Crippen MR) is 83.8 cm³/mol. The molecule has 106 valence electrons. The van der Waals surface area contributed by atoms with E-state index in [1.54, 1.807) is 0 Å². The van der Waals surface area contributed by atoms with Gasteiger partial charge in [0.1, 0.15) is 11.6 Å². The van der Waals surface area contributed by atoms with Gasteiger partial charge in [-0.2, -0.15) is 0 Å². The van der Waals surface area contributed by atoms with Crippen molar-refractivity contribution in [3.63, 3.8) is 0 Å². The number of hydrogen-bond donors (Lipinski definition) is 2. The summed E-state index contributed by atoms with van der Waals surface area (Å²) in [6, 6.07) is 3.16. The first-order valence-corrected chi connectivity index (χ1v) is 5.90. The molecular weight excluding hydrogens is 363 g/mol. The molecule has 19 heavy (non-hydrogen) atoms. The minimum absolute atomic E-state index is 0. The highest BCUT2D eigenvalue weighted by atomic mass is 127. The molecule has 1 aliphatic rings. The van der Waals surface area contributed by atoms with E-state index in [1.165, 1.54) is 0 Å². The molecule has 1 unspecified atom stereocenters. The fourth-order valence-corrected chi connectivity index (χ4v) is 1.87. The molecule has 0 amide bonds. The zero-order valence-corrected chi connectivity index (χ0v) is 13.2. The SMILES string of the molecule is CC1(C)CC1CN=C(N)Nc1cc(F)ccc1F.I. The number of aliphatic imine (C=N–C) groups is 1. The minimum atomic E-state index is -0.554. The van der Waals surface area contributed by atoms with Crippen LogP contribution >= 0.6 is 24.0 Å². The van der Waals surface area contributed by atoms with Gasteiger partial charge in [-0.25, -0.2) is 8.78 Å². The molecule has 1 aliphatic carbocycles. The summed E-state index contributed by atoms with van der Waals surface area (Å²) < 4.78 is 26.3. The van der Waals surface area contributed by atoms with Gasteiger partial charge in [0, 0.05) is 12.6 Å². The van der Waals surface area contributed by atoms with Gasteiger partial charge >= 0.3 is 0 Å². The second kappa shape index (κ2) is 6.02. The van der Waals surface area contributed by atoms with Crippen molar-refractivity contribution in [2.45, 2.75) is 20.3 Å². The Hall–Kier alpha value is -0.920. The second-order valence-corrected chi connectivity index (χ2v) is 5.36. The molecule has 3 nitrogen and oxygen atoms in total. The van der Waals surface area contributed by atoms with E-state index in [2.05, 4.69) is 24.2 Å². The summed E-state index contributed by atoms with van der Waals surface area (Å²) in [5.74, 6) is -0.436. The van der Waals surface area contributed by atoms with Crippen molar-refractivity contribution in [2.24, 2.45) is 22.1 Å². The van der Waals surface area contributed by atoms with Gasteiger partial charge in [-0.1, -0.05) is 13.8 Å². The van der Waals surface area contributed by atoms with E-state index >= 15 is 0 Å². The monoisotopic (exact) mass is 381 g/mol. The van der Waals surface area contributed by atoms with Crippen LogP contribution in [0.15, 0.2) is 23.2 Å². The molecule has 1 fully saturated rings. The lowest BCUT2D eigenvalue weighted by atomic mass is 10.1. The summed E-state index contributed by atoms with van der Waals surface area (Å²) in [6.07, 6.45) is 1.12. The Balaban J connectivity index is 0.00000180. The number of benzene rings is 1. The predicted octanol–water partition coefficient (Wildman–Crippen LogP) is 3.36. The third-order valence-electron chi connectivity index (χ3n) is 3.39. The van der Waals surface area contributed by atoms with Crippen LogP contribution in [-0.4, -0.2) is 12.5 Å². The first-order chi connectivity index (χ1) is 8.38. The van der Waals surface area contributed by atoms with Crippen LogP contribution < -0.4 is 11.1 Å². The van der Waals surface area contributed by atoms with Gasteiger partial charge in [-0.3, -0.25) is 4.99 Å². The largest absolute Gasteiger partial charge is 0.370 e. The lowest BCUT2D eigenvalue weighted by molar-refractivity contribution is 0.565. The molecule has 0 heterocycles. The zero-order valence-electron chi connectivity index (χ0n) is 10.9. The summed E-state index contributed by atoms with van der Waals surface area (Å²) in [7, 11) is 0. The molecule has 1 aromatic carbocycles. The van der Waals surface area contributed by atoms with Gasteiger partial charge in [0.25, 0.3) is 0 Å². The molecule has 6 heteroatoms. The highest BCUT2D eigenvalue weighted by Gasteiger charge is 2.45. The Morgan fingerprint density at radius 1 is 1.47 bits per heavy atom. The van der Waals surface area contributed by atoms with E-state index in [1.807, 2.05) is 0 Å². The summed E-state index contributed by atoms with van der Waals surface area (Å²) in [4.78, 5) is 4.14. The van der Waals surface area contributed by atoms with E-state index < -0.39 is 11.6 Å². The van der Waals surface area contributed by atoms with E-state index in [9.17, 15) is 8.78 Å². The zero-order chi connectivity index (χ0) is 13.3. The third-order valence-corrected chi connectivity index (χ3v) is 3.39. The Labute approximate surface area is 128 Å². The van der Waals surface area contributed by atoms with Crippen LogP contribution in [0.25, 0.3) is 0 Å². The van der Waals surface area contributed by atoms with Crippen molar-refractivity contribution < 1.29 is 8.78 Å². The van der Waals surface area contributed by atoms with Crippen molar-refractivity contribution >= 4 is 35.6 Å². The van der Waals surface area contributed by atoms with Gasteiger partial charge < -0.3 is 11.1 Å². The standard InChI is InChI=1S/C13H17F2N3.HI/c1-13(2)6-8(13)7-17-12(16)18-11-5-9(14)3-4-10(11)15;/h3-5,8H,6-7H2,1-2H3,(H3,16,17,18);1H. The second-order valence-electron chi connectivity index (χ2n) is 5.36.